The van der Waals surface area contributed by atoms with Gasteiger partial charge in [-0.25, -0.2) is 4.79 Å². The van der Waals surface area contributed by atoms with Gasteiger partial charge in [-0.1, -0.05) is 44.9 Å². The first-order valence-corrected chi connectivity index (χ1v) is 7.60. The summed E-state index contributed by atoms with van der Waals surface area (Å²) in [5.74, 6) is -1.74. The number of unbranched alkanes of at least 4 members (excludes halogenated alkanes) is 5. The van der Waals surface area contributed by atoms with Crippen LogP contribution < -0.4 is 0 Å². The Bertz CT molecular complexity index is 457. The zero-order valence-electron chi connectivity index (χ0n) is 12.7. The molecule has 1 aliphatic rings. The van der Waals surface area contributed by atoms with E-state index >= 15 is 0 Å². The number of aliphatic hydroxyl groups is 1. The second-order valence-electron chi connectivity index (χ2n) is 5.17. The molecule has 21 heavy (non-hydrogen) atoms. The lowest BCUT2D eigenvalue weighted by molar-refractivity contribution is -0.134. The van der Waals surface area contributed by atoms with Crippen molar-refractivity contribution in [3.05, 3.63) is 35.8 Å². The summed E-state index contributed by atoms with van der Waals surface area (Å²) in [5, 5.41) is 9.54. The summed E-state index contributed by atoms with van der Waals surface area (Å²) in [6, 6.07) is 0. The predicted molar refractivity (Wildman–Crippen MR) is 81.6 cm³/mol. The van der Waals surface area contributed by atoms with Gasteiger partial charge in [0.25, 0.3) is 0 Å². The van der Waals surface area contributed by atoms with Crippen LogP contribution in [0.3, 0.4) is 0 Å². The van der Waals surface area contributed by atoms with Gasteiger partial charge in [0.05, 0.1) is 0 Å². The molecule has 0 radical (unpaired) electrons. The summed E-state index contributed by atoms with van der Waals surface area (Å²) < 4.78 is 4.61. The molecule has 1 aliphatic heterocycles. The van der Waals surface area contributed by atoms with Crippen LogP contribution >= 0.6 is 0 Å². The number of ether oxygens (including phenoxy) is 1. The van der Waals surface area contributed by atoms with Crippen LogP contribution in [0, 0.1) is 0 Å². The third kappa shape index (κ3) is 5.58. The van der Waals surface area contributed by atoms with Crippen LogP contribution in [-0.4, -0.2) is 16.9 Å². The number of Topliss-reactive ketones (excluding diaryl/α,β-unsaturated/α-hetero) is 1. The summed E-state index contributed by atoms with van der Waals surface area (Å²) in [4.78, 5) is 23.2. The van der Waals surface area contributed by atoms with Crippen molar-refractivity contribution >= 4 is 11.8 Å². The van der Waals surface area contributed by atoms with Gasteiger partial charge >= 0.3 is 5.97 Å². The van der Waals surface area contributed by atoms with Crippen LogP contribution in [-0.2, 0) is 14.3 Å². The zero-order valence-corrected chi connectivity index (χ0v) is 12.7. The average molecular weight is 292 g/mol. The van der Waals surface area contributed by atoms with E-state index in [4.69, 9.17) is 0 Å². The fourth-order valence-electron chi connectivity index (χ4n) is 2.12. The topological polar surface area (TPSA) is 63.6 Å². The number of hydrogen-bond acceptors (Lipinski definition) is 4. The third-order valence-corrected chi connectivity index (χ3v) is 3.37. The zero-order chi connectivity index (χ0) is 15.7. The Labute approximate surface area is 126 Å². The standard InChI is InChI=1S/C17H24O4/c1-3-4-5-6-7-8-9-10-11-12-14(18)15-16(19)13(2)21-17(15)20/h8-9,19H,2-7,10-12H2,1H3. The van der Waals surface area contributed by atoms with E-state index in [9.17, 15) is 14.7 Å². The summed E-state index contributed by atoms with van der Waals surface area (Å²) >= 11 is 0. The molecule has 0 saturated heterocycles. The molecule has 0 spiro atoms. The van der Waals surface area contributed by atoms with Crippen molar-refractivity contribution in [3.63, 3.8) is 0 Å². The maximum atomic E-state index is 11.8. The second-order valence-corrected chi connectivity index (χ2v) is 5.17. The van der Waals surface area contributed by atoms with Crippen molar-refractivity contribution < 1.29 is 19.4 Å². The van der Waals surface area contributed by atoms with E-state index in [1.165, 1.54) is 25.7 Å². The number of carbonyl (C=O) groups excluding carboxylic acids is 2. The number of allylic oxidation sites excluding steroid dienone is 2. The molecule has 0 amide bonds. The molecule has 1 N–H and O–H groups in total. The predicted octanol–water partition coefficient (Wildman–Crippen LogP) is 4.14. The fourth-order valence-corrected chi connectivity index (χ4v) is 2.12. The molecule has 0 aliphatic carbocycles. The lowest BCUT2D eigenvalue weighted by Gasteiger charge is -1.98. The van der Waals surface area contributed by atoms with Crippen LogP contribution in [0.25, 0.3) is 0 Å². The lowest BCUT2D eigenvalue weighted by Crippen LogP contribution is -2.10. The number of aliphatic hydroxyl groups excluding tert-OH is 1. The summed E-state index contributed by atoms with van der Waals surface area (Å²) in [6.45, 7) is 5.55. The number of rotatable bonds is 10. The number of carbonyl (C=O) groups is 2. The van der Waals surface area contributed by atoms with Gasteiger partial charge in [-0.3, -0.25) is 4.79 Å². The Balaban J connectivity index is 2.21. The molecular weight excluding hydrogens is 268 g/mol. The van der Waals surface area contributed by atoms with E-state index in [1.54, 1.807) is 0 Å². The average Bonchev–Trinajstić information content (AvgIpc) is 2.70. The molecule has 116 valence electrons. The molecule has 1 rings (SSSR count). The van der Waals surface area contributed by atoms with Gasteiger partial charge in [-0.2, -0.15) is 0 Å². The van der Waals surface area contributed by atoms with Gasteiger partial charge < -0.3 is 9.84 Å². The van der Waals surface area contributed by atoms with Crippen LogP contribution in [0.2, 0.25) is 0 Å². The molecule has 0 unspecified atom stereocenters. The molecule has 0 atom stereocenters. The highest BCUT2D eigenvalue weighted by Crippen LogP contribution is 2.24. The molecule has 4 nitrogen and oxygen atoms in total. The van der Waals surface area contributed by atoms with Gasteiger partial charge in [-0.05, 0) is 25.7 Å². The first kappa shape index (κ1) is 17.2. The van der Waals surface area contributed by atoms with Crippen molar-refractivity contribution in [2.45, 2.75) is 58.3 Å². The summed E-state index contributed by atoms with van der Waals surface area (Å²) in [6.07, 6.45) is 11.9. The minimum atomic E-state index is -0.797. The van der Waals surface area contributed by atoms with E-state index < -0.39 is 11.7 Å². The molecule has 0 saturated carbocycles. The lowest BCUT2D eigenvalue weighted by atomic mass is 10.0. The van der Waals surface area contributed by atoms with E-state index in [1.807, 2.05) is 0 Å². The molecule has 0 fully saturated rings. The van der Waals surface area contributed by atoms with Crippen molar-refractivity contribution in [3.8, 4) is 0 Å². The second kappa shape index (κ2) is 9.16. The molecule has 0 aromatic carbocycles. The summed E-state index contributed by atoms with van der Waals surface area (Å²) in [5.41, 5.74) is -0.261. The Kier molecular flexibility index (Phi) is 7.51. The monoisotopic (exact) mass is 292 g/mol. The van der Waals surface area contributed by atoms with Crippen molar-refractivity contribution in [1.29, 1.82) is 0 Å². The van der Waals surface area contributed by atoms with Gasteiger partial charge in [0.15, 0.2) is 17.3 Å². The normalized spacial score (nSPS) is 15.1. The number of esters is 1. The van der Waals surface area contributed by atoms with Crippen molar-refractivity contribution in [2.24, 2.45) is 0 Å². The Morgan fingerprint density at radius 1 is 1.19 bits per heavy atom. The van der Waals surface area contributed by atoms with E-state index in [0.717, 1.165) is 12.8 Å². The van der Waals surface area contributed by atoms with E-state index in [0.29, 0.717) is 6.42 Å². The van der Waals surface area contributed by atoms with Crippen LogP contribution in [0.5, 0.6) is 0 Å². The fraction of sp³-hybridized carbons (Fsp3) is 0.529. The van der Waals surface area contributed by atoms with Crippen LogP contribution in [0.1, 0.15) is 58.3 Å². The Morgan fingerprint density at radius 3 is 2.43 bits per heavy atom. The largest absolute Gasteiger partial charge is 0.504 e. The molecule has 1 heterocycles. The molecule has 4 heteroatoms. The van der Waals surface area contributed by atoms with E-state index in [2.05, 4.69) is 30.4 Å². The van der Waals surface area contributed by atoms with Gasteiger partial charge in [0.2, 0.25) is 0 Å². The first-order valence-electron chi connectivity index (χ1n) is 7.60. The maximum absolute atomic E-state index is 11.8. The molecular formula is C17H24O4. The third-order valence-electron chi connectivity index (χ3n) is 3.37. The number of cyclic esters (lactones) is 1. The highest BCUT2D eigenvalue weighted by molar-refractivity contribution is 6.19. The highest BCUT2D eigenvalue weighted by Gasteiger charge is 2.33. The first-order chi connectivity index (χ1) is 10.1. The number of hydrogen-bond donors (Lipinski definition) is 1. The quantitative estimate of drug-likeness (QED) is 0.284. The molecule has 0 bridgehead atoms. The Hall–Kier alpha value is -1.84. The smallest absolute Gasteiger partial charge is 0.351 e. The minimum absolute atomic E-state index is 0.143. The van der Waals surface area contributed by atoms with Gasteiger partial charge in [0, 0.05) is 6.42 Å². The highest BCUT2D eigenvalue weighted by atomic mass is 16.6. The Morgan fingerprint density at radius 2 is 1.86 bits per heavy atom. The van der Waals surface area contributed by atoms with Crippen molar-refractivity contribution in [1.82, 2.24) is 0 Å². The van der Waals surface area contributed by atoms with Gasteiger partial charge in [0.1, 0.15) is 5.57 Å². The van der Waals surface area contributed by atoms with Crippen molar-refractivity contribution in [2.75, 3.05) is 0 Å². The SMILES string of the molecule is C=C1OC(=O)C(C(=O)CCCC=CCCCCCC)=C1O. The molecule has 0 aromatic rings. The minimum Gasteiger partial charge on any atom is -0.504 e. The number of ketones is 1. The maximum Gasteiger partial charge on any atom is 0.351 e. The molecule has 0 aromatic heterocycles. The summed E-state index contributed by atoms with van der Waals surface area (Å²) in [7, 11) is 0. The van der Waals surface area contributed by atoms with Gasteiger partial charge in [-0.15, -0.1) is 0 Å². The van der Waals surface area contributed by atoms with Crippen LogP contribution in [0.15, 0.2) is 35.8 Å². The van der Waals surface area contributed by atoms with Crippen LogP contribution in [0.4, 0.5) is 0 Å². The van der Waals surface area contributed by atoms with E-state index in [-0.39, 0.29) is 23.5 Å².